The maximum absolute atomic E-state index is 13.6. The Bertz CT molecular complexity index is 1540. The minimum atomic E-state index is -2.51. The van der Waals surface area contributed by atoms with E-state index in [1.165, 1.54) is 6.20 Å². The van der Waals surface area contributed by atoms with Crippen molar-refractivity contribution < 1.29 is 17.7 Å². The number of pyridine rings is 2. The average Bonchev–Trinajstić information content (AvgIpc) is 2.85. The third-order valence-corrected chi connectivity index (χ3v) is 7.33. The lowest BCUT2D eigenvalue weighted by Gasteiger charge is -2.30. The van der Waals surface area contributed by atoms with Crippen LogP contribution in [0.3, 0.4) is 0 Å². The second kappa shape index (κ2) is 9.49. The van der Waals surface area contributed by atoms with Gasteiger partial charge in [0.2, 0.25) is 5.95 Å². The minimum absolute atomic E-state index is 0.296. The van der Waals surface area contributed by atoms with Gasteiger partial charge < -0.3 is 20.3 Å². The molecule has 0 unspecified atom stereocenters. The molecular weight excluding hydrogens is 490 g/mol. The Morgan fingerprint density at radius 1 is 1.00 bits per heavy atom. The molecule has 4 aromatic rings. The van der Waals surface area contributed by atoms with E-state index in [4.69, 9.17) is 9.52 Å². The fourth-order valence-electron chi connectivity index (χ4n) is 3.79. The zero-order chi connectivity index (χ0) is 25.3. The van der Waals surface area contributed by atoms with Crippen LogP contribution in [0.1, 0.15) is 0 Å². The van der Waals surface area contributed by atoms with Crippen molar-refractivity contribution >= 4 is 49.6 Å². The molecule has 1 saturated heterocycles. The fourth-order valence-corrected chi connectivity index (χ4v) is 5.03. The van der Waals surface area contributed by atoms with Gasteiger partial charge in [0.25, 0.3) is 0 Å². The standard InChI is InChI=1S/C23H22F2N8O2S/c1-35-20-10-16(13-29-22(20)33-4-6-36(26,34)7-5-33)31-23-27-3-2-21(32-23)30-15-8-14-9-17(24)18(25)11-19(14)28-12-15/h2-3,8-13,26H,4-7H2,1H3,(H2,27,30,31,32). The van der Waals surface area contributed by atoms with E-state index >= 15 is 0 Å². The number of fused-ring (bicyclic) bond motifs is 1. The highest BCUT2D eigenvalue weighted by Crippen LogP contribution is 2.30. The molecule has 10 nitrogen and oxygen atoms in total. The zero-order valence-electron chi connectivity index (χ0n) is 19.2. The largest absolute Gasteiger partial charge is 0.493 e. The number of hydrogen-bond acceptors (Lipinski definition) is 10. The van der Waals surface area contributed by atoms with E-state index in [0.717, 1.165) is 12.1 Å². The van der Waals surface area contributed by atoms with Gasteiger partial charge in [0.15, 0.2) is 23.2 Å². The first-order valence-electron chi connectivity index (χ1n) is 10.9. The molecule has 13 heteroatoms. The van der Waals surface area contributed by atoms with E-state index in [9.17, 15) is 13.0 Å². The molecule has 0 amide bonds. The summed E-state index contributed by atoms with van der Waals surface area (Å²) >= 11 is 0. The molecule has 0 spiro atoms. The normalized spacial score (nSPS) is 15.0. The minimum Gasteiger partial charge on any atom is -0.493 e. The Morgan fingerprint density at radius 3 is 2.50 bits per heavy atom. The smallest absolute Gasteiger partial charge is 0.229 e. The van der Waals surface area contributed by atoms with E-state index in [-0.39, 0.29) is 0 Å². The summed E-state index contributed by atoms with van der Waals surface area (Å²) in [6, 6.07) is 7.21. The molecule has 4 heterocycles. The van der Waals surface area contributed by atoms with Gasteiger partial charge in [-0.05, 0) is 18.2 Å². The van der Waals surface area contributed by atoms with Gasteiger partial charge in [-0.3, -0.25) is 9.76 Å². The van der Waals surface area contributed by atoms with Crippen LogP contribution in [0, 0.1) is 16.4 Å². The Hall–Kier alpha value is -4.13. The summed E-state index contributed by atoms with van der Waals surface area (Å²) in [6.45, 7) is 0.945. The number of rotatable bonds is 6. The lowest BCUT2D eigenvalue weighted by Crippen LogP contribution is -2.40. The number of benzene rings is 1. The van der Waals surface area contributed by atoms with Crippen molar-refractivity contribution in [1.29, 1.82) is 4.78 Å². The molecule has 1 fully saturated rings. The number of methoxy groups -OCH3 is 1. The average molecular weight is 513 g/mol. The highest BCUT2D eigenvalue weighted by Gasteiger charge is 2.23. The predicted octanol–water partition coefficient (Wildman–Crippen LogP) is 4.06. The molecule has 5 rings (SSSR count). The van der Waals surface area contributed by atoms with Gasteiger partial charge in [-0.2, -0.15) is 4.98 Å². The van der Waals surface area contributed by atoms with Gasteiger partial charge >= 0.3 is 0 Å². The van der Waals surface area contributed by atoms with Crippen LogP contribution >= 0.6 is 0 Å². The number of nitrogens with zero attached hydrogens (tertiary/aromatic N) is 5. The summed E-state index contributed by atoms with van der Waals surface area (Å²) in [6.07, 6.45) is 4.68. The zero-order valence-corrected chi connectivity index (χ0v) is 20.0. The Morgan fingerprint density at radius 2 is 1.72 bits per heavy atom. The number of ether oxygens (including phenoxy) is 1. The summed E-state index contributed by atoms with van der Waals surface area (Å²) in [5, 5.41) is 6.61. The van der Waals surface area contributed by atoms with Crippen LogP contribution < -0.4 is 20.3 Å². The van der Waals surface area contributed by atoms with Gasteiger partial charge in [-0.1, -0.05) is 0 Å². The first-order chi connectivity index (χ1) is 17.3. The highest BCUT2D eigenvalue weighted by molar-refractivity contribution is 7.92. The third kappa shape index (κ3) is 5.10. The van der Waals surface area contributed by atoms with Crippen LogP contribution in [0.15, 0.2) is 48.9 Å². The molecule has 186 valence electrons. The van der Waals surface area contributed by atoms with Gasteiger partial charge in [0.1, 0.15) is 5.82 Å². The summed E-state index contributed by atoms with van der Waals surface area (Å²) in [5.41, 5.74) is 1.48. The molecule has 3 aromatic heterocycles. The molecule has 36 heavy (non-hydrogen) atoms. The molecule has 3 N–H and O–H groups in total. The van der Waals surface area contributed by atoms with Crippen LogP contribution in [0.25, 0.3) is 10.9 Å². The summed E-state index contributed by atoms with van der Waals surface area (Å²) in [5.74, 6) is 0.601. The van der Waals surface area contributed by atoms with E-state index < -0.39 is 21.4 Å². The van der Waals surface area contributed by atoms with E-state index in [1.54, 1.807) is 37.7 Å². The second-order valence-electron chi connectivity index (χ2n) is 8.16. The monoisotopic (exact) mass is 512 g/mol. The first kappa shape index (κ1) is 23.6. The number of aromatic nitrogens is 4. The second-order valence-corrected chi connectivity index (χ2v) is 10.6. The Balaban J connectivity index is 1.32. The third-order valence-electron chi connectivity index (χ3n) is 5.64. The van der Waals surface area contributed by atoms with Gasteiger partial charge in [-0.25, -0.2) is 23.0 Å². The molecule has 0 aliphatic carbocycles. The number of hydrogen-bond donors (Lipinski definition) is 3. The molecule has 1 aromatic carbocycles. The summed E-state index contributed by atoms with van der Waals surface area (Å²) in [7, 11) is -0.972. The van der Waals surface area contributed by atoms with Crippen molar-refractivity contribution in [2.24, 2.45) is 0 Å². The SMILES string of the molecule is COc1cc(Nc2nccc(Nc3cnc4cc(F)c(F)cc4c3)n2)cnc1N1CCS(=N)(=O)CC1. The molecule has 0 radical (unpaired) electrons. The van der Waals surface area contributed by atoms with Gasteiger partial charge in [0, 0.05) is 58.0 Å². The van der Waals surface area contributed by atoms with Crippen molar-refractivity contribution in [2.45, 2.75) is 0 Å². The summed E-state index contributed by atoms with van der Waals surface area (Å²) < 4.78 is 52.2. The maximum Gasteiger partial charge on any atom is 0.229 e. The Labute approximate surface area is 205 Å². The molecule has 1 aliphatic rings. The fraction of sp³-hybridized carbons (Fsp3) is 0.217. The number of nitrogens with one attached hydrogen (secondary N) is 3. The lowest BCUT2D eigenvalue weighted by molar-refractivity contribution is 0.412. The molecule has 0 bridgehead atoms. The van der Waals surface area contributed by atoms with E-state index in [2.05, 4.69) is 30.6 Å². The van der Waals surface area contributed by atoms with Crippen molar-refractivity contribution in [2.75, 3.05) is 47.2 Å². The van der Waals surface area contributed by atoms with Crippen LogP contribution in [-0.2, 0) is 9.73 Å². The topological polar surface area (TPSA) is 129 Å². The maximum atomic E-state index is 13.6. The van der Waals surface area contributed by atoms with Crippen LogP contribution in [0.4, 0.5) is 37.7 Å². The van der Waals surface area contributed by atoms with Gasteiger partial charge in [0.05, 0.1) is 36.4 Å². The van der Waals surface area contributed by atoms with Crippen molar-refractivity contribution in [3.63, 3.8) is 0 Å². The molecule has 1 aliphatic heterocycles. The van der Waals surface area contributed by atoms with Crippen LogP contribution in [-0.4, -0.2) is 55.8 Å². The molecule has 0 saturated carbocycles. The predicted molar refractivity (Wildman–Crippen MR) is 134 cm³/mol. The molecule has 0 atom stereocenters. The first-order valence-corrected chi connectivity index (χ1v) is 12.8. The summed E-state index contributed by atoms with van der Waals surface area (Å²) in [4.78, 5) is 19.3. The van der Waals surface area contributed by atoms with E-state index in [1.807, 2.05) is 4.90 Å². The van der Waals surface area contributed by atoms with E-state index in [0.29, 0.717) is 70.2 Å². The highest BCUT2D eigenvalue weighted by atomic mass is 32.2. The Kier molecular flexibility index (Phi) is 6.22. The van der Waals surface area contributed by atoms with Gasteiger partial charge in [-0.15, -0.1) is 0 Å². The van der Waals surface area contributed by atoms with Crippen LogP contribution in [0.5, 0.6) is 5.75 Å². The quantitative estimate of drug-likeness (QED) is 0.350. The van der Waals surface area contributed by atoms with Crippen molar-refractivity contribution in [3.8, 4) is 5.75 Å². The number of halogens is 2. The van der Waals surface area contributed by atoms with Crippen molar-refractivity contribution in [1.82, 2.24) is 19.9 Å². The number of anilines is 5. The van der Waals surface area contributed by atoms with Crippen molar-refractivity contribution in [3.05, 3.63) is 60.6 Å². The lowest BCUT2D eigenvalue weighted by atomic mass is 10.2. The molecular formula is C23H22F2N8O2S. The van der Waals surface area contributed by atoms with Crippen LogP contribution in [0.2, 0.25) is 0 Å².